The summed E-state index contributed by atoms with van der Waals surface area (Å²) in [6.07, 6.45) is 6.64. The highest BCUT2D eigenvalue weighted by Crippen LogP contribution is 2.22. The number of aromatic nitrogens is 4. The summed E-state index contributed by atoms with van der Waals surface area (Å²) in [7, 11) is 0. The molecular weight excluding hydrogens is 371 g/mol. The fourth-order valence-corrected chi connectivity index (χ4v) is 3.63. The summed E-state index contributed by atoms with van der Waals surface area (Å²) in [6.45, 7) is 1.79. The molecule has 1 fully saturated rings. The highest BCUT2D eigenvalue weighted by Gasteiger charge is 2.24. The number of anilines is 2. The number of hydrogen-bond donors (Lipinski definition) is 1. The average molecular weight is 394 g/mol. The lowest BCUT2D eigenvalue weighted by atomic mass is 10.0. The van der Waals surface area contributed by atoms with Crippen molar-refractivity contribution in [2.45, 2.75) is 31.8 Å². The molecule has 1 atom stereocenters. The fourth-order valence-electron chi connectivity index (χ4n) is 3.63. The minimum atomic E-state index is -0.322. The molecule has 1 N–H and O–H groups in total. The van der Waals surface area contributed by atoms with E-state index < -0.39 is 0 Å². The highest BCUT2D eigenvalue weighted by atomic mass is 19.1. The first-order chi connectivity index (χ1) is 14.2. The standard InChI is InChI=1S/C21H23FN6O/c22-17-6-3-5-16(13-17)15-28-20(29)9-8-19(26-28)27-12-2-1-7-18(27)14-25-21-23-10-4-11-24-21/h3-6,8-11,13,18H,1-2,7,12,14-15H2,(H,23,24,25). The van der Waals surface area contributed by atoms with Gasteiger partial charge in [-0.05, 0) is 49.1 Å². The third-order valence-electron chi connectivity index (χ3n) is 5.06. The van der Waals surface area contributed by atoms with Crippen molar-refractivity contribution in [1.82, 2.24) is 19.7 Å². The Morgan fingerprint density at radius 2 is 1.97 bits per heavy atom. The Kier molecular flexibility index (Phi) is 5.79. The summed E-state index contributed by atoms with van der Waals surface area (Å²) in [5, 5.41) is 7.86. The van der Waals surface area contributed by atoms with Crippen LogP contribution in [0.25, 0.3) is 0 Å². The summed E-state index contributed by atoms with van der Waals surface area (Å²) in [6, 6.07) is 11.5. The SMILES string of the molecule is O=c1ccc(N2CCCCC2CNc2ncccn2)nn1Cc1cccc(F)c1. The fraction of sp³-hybridized carbons (Fsp3) is 0.333. The van der Waals surface area contributed by atoms with Crippen molar-refractivity contribution in [3.8, 4) is 0 Å². The van der Waals surface area contributed by atoms with Crippen LogP contribution < -0.4 is 15.8 Å². The molecule has 8 heteroatoms. The first-order valence-electron chi connectivity index (χ1n) is 9.79. The molecule has 1 aromatic carbocycles. The number of rotatable bonds is 6. The molecule has 1 aliphatic heterocycles. The highest BCUT2D eigenvalue weighted by molar-refractivity contribution is 5.40. The molecule has 1 unspecified atom stereocenters. The van der Waals surface area contributed by atoms with E-state index in [-0.39, 0.29) is 24.0 Å². The molecule has 4 rings (SSSR count). The molecular formula is C21H23FN6O. The van der Waals surface area contributed by atoms with Gasteiger partial charge in [0.15, 0.2) is 0 Å². The molecule has 0 aliphatic carbocycles. The minimum Gasteiger partial charge on any atom is -0.352 e. The number of halogens is 1. The van der Waals surface area contributed by atoms with Crippen molar-refractivity contribution >= 4 is 11.8 Å². The monoisotopic (exact) mass is 394 g/mol. The van der Waals surface area contributed by atoms with Crippen molar-refractivity contribution in [3.05, 3.63) is 76.6 Å². The molecule has 29 heavy (non-hydrogen) atoms. The zero-order chi connectivity index (χ0) is 20.1. The van der Waals surface area contributed by atoms with Crippen LogP contribution in [-0.4, -0.2) is 38.9 Å². The van der Waals surface area contributed by atoms with E-state index >= 15 is 0 Å². The molecule has 7 nitrogen and oxygen atoms in total. The van der Waals surface area contributed by atoms with Crippen LogP contribution in [0.5, 0.6) is 0 Å². The number of nitrogens with one attached hydrogen (secondary N) is 1. The van der Waals surface area contributed by atoms with Crippen molar-refractivity contribution in [1.29, 1.82) is 0 Å². The smallest absolute Gasteiger partial charge is 0.267 e. The maximum Gasteiger partial charge on any atom is 0.267 e. The van der Waals surface area contributed by atoms with Gasteiger partial charge in [-0.3, -0.25) is 4.79 Å². The summed E-state index contributed by atoms with van der Waals surface area (Å²) in [5.74, 6) is 1.03. The Labute approximate surface area is 168 Å². The third-order valence-corrected chi connectivity index (χ3v) is 5.06. The number of piperidine rings is 1. The molecule has 3 heterocycles. The normalized spacial score (nSPS) is 16.6. The predicted octanol–water partition coefficient (Wildman–Crippen LogP) is 2.69. The minimum absolute atomic E-state index is 0.206. The Morgan fingerprint density at radius 1 is 1.10 bits per heavy atom. The molecule has 1 aliphatic rings. The van der Waals surface area contributed by atoms with E-state index in [0.29, 0.717) is 18.1 Å². The first kappa shape index (κ1) is 19.0. The van der Waals surface area contributed by atoms with E-state index in [0.717, 1.165) is 31.6 Å². The van der Waals surface area contributed by atoms with Crippen LogP contribution >= 0.6 is 0 Å². The van der Waals surface area contributed by atoms with E-state index in [1.807, 2.05) is 0 Å². The van der Waals surface area contributed by atoms with E-state index in [2.05, 4.69) is 25.3 Å². The summed E-state index contributed by atoms with van der Waals surface area (Å²) in [5.41, 5.74) is 0.497. The quantitative estimate of drug-likeness (QED) is 0.693. The average Bonchev–Trinajstić information content (AvgIpc) is 2.75. The lowest BCUT2D eigenvalue weighted by Gasteiger charge is -2.36. The van der Waals surface area contributed by atoms with Gasteiger partial charge in [0.2, 0.25) is 5.95 Å². The van der Waals surface area contributed by atoms with Crippen molar-refractivity contribution in [2.24, 2.45) is 0 Å². The second-order valence-electron chi connectivity index (χ2n) is 7.11. The summed E-state index contributed by atoms with van der Waals surface area (Å²) >= 11 is 0. The van der Waals surface area contributed by atoms with Crippen LogP contribution in [0.3, 0.4) is 0 Å². The number of benzene rings is 1. The molecule has 0 saturated carbocycles. The van der Waals surface area contributed by atoms with Gasteiger partial charge in [0.25, 0.3) is 5.56 Å². The van der Waals surface area contributed by atoms with Crippen LogP contribution in [0.4, 0.5) is 16.2 Å². The summed E-state index contributed by atoms with van der Waals surface area (Å²) < 4.78 is 14.9. The number of hydrogen-bond acceptors (Lipinski definition) is 6. The zero-order valence-corrected chi connectivity index (χ0v) is 16.0. The zero-order valence-electron chi connectivity index (χ0n) is 16.0. The second kappa shape index (κ2) is 8.81. The molecule has 1 saturated heterocycles. The van der Waals surface area contributed by atoms with Crippen molar-refractivity contribution in [2.75, 3.05) is 23.3 Å². The van der Waals surface area contributed by atoms with Gasteiger partial charge in [-0.15, -0.1) is 0 Å². The maximum atomic E-state index is 13.5. The third kappa shape index (κ3) is 4.77. The van der Waals surface area contributed by atoms with Gasteiger partial charge < -0.3 is 10.2 Å². The summed E-state index contributed by atoms with van der Waals surface area (Å²) in [4.78, 5) is 22.9. The van der Waals surface area contributed by atoms with Crippen LogP contribution in [0, 0.1) is 5.82 Å². The Bertz CT molecular complexity index is 1010. The Hall–Kier alpha value is -3.29. The maximum absolute atomic E-state index is 13.5. The topological polar surface area (TPSA) is 75.9 Å². The van der Waals surface area contributed by atoms with Gasteiger partial charge in [0, 0.05) is 37.6 Å². The van der Waals surface area contributed by atoms with Crippen LogP contribution in [0.15, 0.2) is 59.7 Å². The van der Waals surface area contributed by atoms with Gasteiger partial charge in [0.05, 0.1) is 6.54 Å². The molecule has 0 spiro atoms. The van der Waals surface area contributed by atoms with Gasteiger partial charge >= 0.3 is 0 Å². The lowest BCUT2D eigenvalue weighted by Crippen LogP contribution is -2.45. The molecule has 150 valence electrons. The van der Waals surface area contributed by atoms with E-state index in [9.17, 15) is 9.18 Å². The molecule has 2 aromatic heterocycles. The number of nitrogens with zero attached hydrogens (tertiary/aromatic N) is 5. The second-order valence-corrected chi connectivity index (χ2v) is 7.11. The van der Waals surface area contributed by atoms with Gasteiger partial charge in [-0.25, -0.2) is 19.0 Å². The largest absolute Gasteiger partial charge is 0.352 e. The van der Waals surface area contributed by atoms with Gasteiger partial charge in [-0.1, -0.05) is 12.1 Å². The van der Waals surface area contributed by atoms with Crippen LogP contribution in [0.1, 0.15) is 24.8 Å². The lowest BCUT2D eigenvalue weighted by molar-refractivity contribution is 0.462. The molecule has 0 amide bonds. The van der Waals surface area contributed by atoms with Crippen LogP contribution in [0.2, 0.25) is 0 Å². The molecule has 3 aromatic rings. The first-order valence-corrected chi connectivity index (χ1v) is 9.79. The predicted molar refractivity (Wildman–Crippen MR) is 110 cm³/mol. The van der Waals surface area contributed by atoms with Gasteiger partial charge in [0.1, 0.15) is 11.6 Å². The van der Waals surface area contributed by atoms with Crippen LogP contribution in [-0.2, 0) is 6.54 Å². The van der Waals surface area contributed by atoms with Gasteiger partial charge in [-0.2, -0.15) is 5.10 Å². The van der Waals surface area contributed by atoms with E-state index in [4.69, 9.17) is 0 Å². The van der Waals surface area contributed by atoms with E-state index in [1.165, 1.54) is 22.9 Å². The molecule has 0 radical (unpaired) electrons. The molecule has 0 bridgehead atoms. The van der Waals surface area contributed by atoms with Crippen molar-refractivity contribution < 1.29 is 4.39 Å². The Morgan fingerprint density at radius 3 is 2.79 bits per heavy atom. The van der Waals surface area contributed by atoms with Crippen molar-refractivity contribution in [3.63, 3.8) is 0 Å². The van der Waals surface area contributed by atoms with E-state index in [1.54, 1.807) is 36.7 Å². The Balaban J connectivity index is 1.53.